The van der Waals surface area contributed by atoms with Crippen LogP contribution in [0.2, 0.25) is 0 Å². The van der Waals surface area contributed by atoms with Crippen LogP contribution in [0.4, 0.5) is 5.69 Å². The van der Waals surface area contributed by atoms with Gasteiger partial charge in [0.05, 0.1) is 18.2 Å². The molecule has 2 aliphatic rings. The Kier molecular flexibility index (Phi) is 13.3. The van der Waals surface area contributed by atoms with Gasteiger partial charge in [0.25, 0.3) is 0 Å². The Morgan fingerprint density at radius 3 is 2.02 bits per heavy atom. The Bertz CT molecular complexity index is 1940. The van der Waals surface area contributed by atoms with Crippen molar-refractivity contribution in [1.82, 2.24) is 19.6 Å². The van der Waals surface area contributed by atoms with Gasteiger partial charge < -0.3 is 24.3 Å². The summed E-state index contributed by atoms with van der Waals surface area (Å²) in [5.74, 6) is 0.555. The van der Waals surface area contributed by atoms with Gasteiger partial charge in [-0.25, -0.2) is 0 Å². The average Bonchev–Trinajstić information content (AvgIpc) is 3.23. The first-order chi connectivity index (χ1) is 26.8. The number of nitriles is 1. The SMILES string of the molecule is CCOc1ccc(/C=C/C(=O)N(Cc2ccc(N3CCN(C(C)=O)CC3)cc2)[C@@H](Cc2ccccc2)C(=O)N2CCN(Cc3ccc(C#N)cc3)CC2)cc1. The second-order valence-corrected chi connectivity index (χ2v) is 14.1. The van der Waals surface area contributed by atoms with E-state index in [0.29, 0.717) is 57.9 Å². The summed E-state index contributed by atoms with van der Waals surface area (Å²) in [7, 11) is 0. The molecule has 55 heavy (non-hydrogen) atoms. The molecule has 0 spiro atoms. The zero-order valence-corrected chi connectivity index (χ0v) is 31.8. The van der Waals surface area contributed by atoms with Crippen molar-refractivity contribution in [2.24, 2.45) is 0 Å². The van der Waals surface area contributed by atoms with E-state index in [2.05, 4.69) is 28.0 Å². The van der Waals surface area contributed by atoms with Crippen molar-refractivity contribution in [1.29, 1.82) is 5.26 Å². The molecule has 0 aliphatic carbocycles. The molecule has 2 aliphatic heterocycles. The summed E-state index contributed by atoms with van der Waals surface area (Å²) in [6.45, 7) is 10.5. The van der Waals surface area contributed by atoms with Gasteiger partial charge in [-0.1, -0.05) is 66.7 Å². The first kappa shape index (κ1) is 38.8. The van der Waals surface area contributed by atoms with Gasteiger partial charge in [0.2, 0.25) is 17.7 Å². The van der Waals surface area contributed by atoms with Gasteiger partial charge in [0, 0.05) is 90.6 Å². The quantitative estimate of drug-likeness (QED) is 0.164. The van der Waals surface area contributed by atoms with Crippen LogP contribution in [-0.2, 0) is 33.9 Å². The summed E-state index contributed by atoms with van der Waals surface area (Å²) in [5, 5.41) is 9.17. The molecule has 10 nitrogen and oxygen atoms in total. The third-order valence-corrected chi connectivity index (χ3v) is 10.4. The van der Waals surface area contributed by atoms with Crippen LogP contribution >= 0.6 is 0 Å². The molecule has 0 bridgehead atoms. The molecule has 3 amide bonds. The van der Waals surface area contributed by atoms with Gasteiger partial charge in [-0.2, -0.15) is 5.26 Å². The lowest BCUT2D eigenvalue weighted by atomic mass is 10.0. The van der Waals surface area contributed by atoms with E-state index in [-0.39, 0.29) is 24.3 Å². The maximum atomic E-state index is 14.7. The molecule has 6 rings (SSSR count). The van der Waals surface area contributed by atoms with E-state index in [1.165, 1.54) is 0 Å². The molecule has 2 fully saturated rings. The number of carbonyl (C=O) groups is 3. The molecular weight excluding hydrogens is 689 g/mol. The fourth-order valence-corrected chi connectivity index (χ4v) is 7.18. The third kappa shape index (κ3) is 10.6. The summed E-state index contributed by atoms with van der Waals surface area (Å²) in [4.78, 5) is 51.0. The number of carbonyl (C=O) groups excluding carboxylic acids is 3. The topological polar surface area (TPSA) is 100 Å². The molecule has 0 N–H and O–H groups in total. The second kappa shape index (κ2) is 18.9. The number of nitrogens with zero attached hydrogens (tertiary/aromatic N) is 6. The third-order valence-electron chi connectivity index (χ3n) is 10.4. The molecule has 10 heteroatoms. The Balaban J connectivity index is 1.23. The van der Waals surface area contributed by atoms with Crippen molar-refractivity contribution in [3.05, 3.63) is 137 Å². The van der Waals surface area contributed by atoms with Gasteiger partial charge in [-0.3, -0.25) is 19.3 Å². The normalized spacial score (nSPS) is 15.4. The van der Waals surface area contributed by atoms with Crippen molar-refractivity contribution in [3.63, 3.8) is 0 Å². The molecule has 2 heterocycles. The molecule has 284 valence electrons. The maximum Gasteiger partial charge on any atom is 0.247 e. The molecule has 0 unspecified atom stereocenters. The van der Waals surface area contributed by atoms with E-state index < -0.39 is 6.04 Å². The van der Waals surface area contributed by atoms with Gasteiger partial charge in [-0.05, 0) is 71.7 Å². The standard InChI is InChI=1S/C45H50N6O4/c1-3-55-42-20-15-36(16-21-42)17-22-44(53)51(34-40-13-18-41(19-14-40)49-29-27-48(28-30-49)35(2)52)43(31-37-7-5-4-6-8-37)45(54)50-25-23-47(24-26-50)33-39-11-9-38(32-46)10-12-39/h4-22,43H,3,23-31,33-34H2,1-2H3/b22-17+/t43-/m0/s1. The fourth-order valence-electron chi connectivity index (χ4n) is 7.18. The highest BCUT2D eigenvalue weighted by atomic mass is 16.5. The molecule has 1 atom stereocenters. The predicted molar refractivity (Wildman–Crippen MR) is 215 cm³/mol. The van der Waals surface area contributed by atoms with E-state index in [1.54, 1.807) is 24.0 Å². The van der Waals surface area contributed by atoms with Crippen LogP contribution in [0, 0.1) is 11.3 Å². The van der Waals surface area contributed by atoms with Crippen molar-refractivity contribution in [2.75, 3.05) is 63.9 Å². The van der Waals surface area contributed by atoms with Crippen molar-refractivity contribution < 1.29 is 19.1 Å². The van der Waals surface area contributed by atoms with E-state index in [9.17, 15) is 19.6 Å². The van der Waals surface area contributed by atoms with Gasteiger partial charge in [0.1, 0.15) is 11.8 Å². The van der Waals surface area contributed by atoms with E-state index in [1.807, 2.05) is 108 Å². The van der Waals surface area contributed by atoms with Gasteiger partial charge in [-0.15, -0.1) is 0 Å². The number of hydrogen-bond donors (Lipinski definition) is 0. The highest BCUT2D eigenvalue weighted by Crippen LogP contribution is 2.23. The minimum absolute atomic E-state index is 0.0651. The molecule has 0 radical (unpaired) electrons. The Morgan fingerprint density at radius 1 is 0.764 bits per heavy atom. The van der Waals surface area contributed by atoms with Crippen molar-refractivity contribution >= 4 is 29.5 Å². The predicted octanol–water partition coefficient (Wildman–Crippen LogP) is 5.62. The second-order valence-electron chi connectivity index (χ2n) is 14.1. The number of anilines is 1. The summed E-state index contributed by atoms with van der Waals surface area (Å²) in [6.07, 6.45) is 3.74. The van der Waals surface area contributed by atoms with Crippen LogP contribution in [0.1, 0.15) is 41.7 Å². The number of rotatable bonds is 13. The van der Waals surface area contributed by atoms with Gasteiger partial charge >= 0.3 is 0 Å². The molecule has 4 aromatic carbocycles. The molecular formula is C45H50N6O4. The van der Waals surface area contributed by atoms with E-state index in [0.717, 1.165) is 53.3 Å². The Hall–Kier alpha value is -5.92. The lowest BCUT2D eigenvalue weighted by Gasteiger charge is -2.39. The first-order valence-corrected chi connectivity index (χ1v) is 19.1. The zero-order chi connectivity index (χ0) is 38.6. The number of hydrogen-bond acceptors (Lipinski definition) is 7. The minimum Gasteiger partial charge on any atom is -0.494 e. The van der Waals surface area contributed by atoms with Crippen molar-refractivity contribution in [2.45, 2.75) is 39.4 Å². The molecule has 2 saturated heterocycles. The van der Waals surface area contributed by atoms with Crippen LogP contribution < -0.4 is 9.64 Å². The highest BCUT2D eigenvalue weighted by molar-refractivity contribution is 5.96. The fraction of sp³-hybridized carbons (Fsp3) is 0.333. The lowest BCUT2D eigenvalue weighted by Crippen LogP contribution is -2.56. The Labute approximate surface area is 324 Å². The summed E-state index contributed by atoms with van der Waals surface area (Å²) in [6, 6.07) is 34.8. The molecule has 0 saturated carbocycles. The van der Waals surface area contributed by atoms with Crippen molar-refractivity contribution in [3.8, 4) is 11.8 Å². The van der Waals surface area contributed by atoms with Crippen LogP contribution in [0.5, 0.6) is 5.75 Å². The van der Waals surface area contributed by atoms with Crippen LogP contribution in [-0.4, -0.2) is 102 Å². The Morgan fingerprint density at radius 2 is 1.40 bits per heavy atom. The van der Waals surface area contributed by atoms with E-state index in [4.69, 9.17) is 4.74 Å². The van der Waals surface area contributed by atoms with Crippen LogP contribution in [0.25, 0.3) is 6.08 Å². The summed E-state index contributed by atoms with van der Waals surface area (Å²) in [5.41, 5.74) is 5.59. The monoisotopic (exact) mass is 738 g/mol. The number of piperazine rings is 2. The smallest absolute Gasteiger partial charge is 0.247 e. The number of amides is 3. The molecule has 0 aromatic heterocycles. The van der Waals surface area contributed by atoms with Crippen LogP contribution in [0.15, 0.2) is 109 Å². The zero-order valence-electron chi connectivity index (χ0n) is 31.8. The minimum atomic E-state index is -0.732. The lowest BCUT2D eigenvalue weighted by molar-refractivity contribution is -0.145. The van der Waals surface area contributed by atoms with E-state index >= 15 is 0 Å². The van der Waals surface area contributed by atoms with Gasteiger partial charge in [0.15, 0.2) is 0 Å². The first-order valence-electron chi connectivity index (χ1n) is 19.1. The van der Waals surface area contributed by atoms with Crippen LogP contribution in [0.3, 0.4) is 0 Å². The molecule has 4 aromatic rings. The highest BCUT2D eigenvalue weighted by Gasteiger charge is 2.34. The largest absolute Gasteiger partial charge is 0.494 e. The summed E-state index contributed by atoms with van der Waals surface area (Å²) < 4.78 is 5.60. The summed E-state index contributed by atoms with van der Waals surface area (Å²) >= 11 is 0. The number of ether oxygens (including phenoxy) is 1. The number of benzene rings is 4. The average molecular weight is 739 g/mol. The maximum absolute atomic E-state index is 14.7.